The normalized spacial score (nSPS) is 10.7. The molecule has 0 saturated carbocycles. The number of amides is 1. The molecule has 7 nitrogen and oxygen atoms in total. The van der Waals surface area contributed by atoms with E-state index in [1.807, 2.05) is 65.2 Å². The first kappa shape index (κ1) is 20.7. The molecule has 8 heteroatoms. The highest BCUT2D eigenvalue weighted by atomic mass is 32.2. The fourth-order valence-corrected chi connectivity index (χ4v) is 3.85. The van der Waals surface area contributed by atoms with E-state index in [2.05, 4.69) is 15.5 Å². The summed E-state index contributed by atoms with van der Waals surface area (Å²) in [7, 11) is 1.62. The first-order valence-electron chi connectivity index (χ1n) is 9.82. The van der Waals surface area contributed by atoms with E-state index >= 15 is 0 Å². The third-order valence-electron chi connectivity index (χ3n) is 4.62. The molecule has 0 saturated heterocycles. The van der Waals surface area contributed by atoms with Crippen molar-refractivity contribution >= 4 is 17.7 Å². The second-order valence-electron chi connectivity index (χ2n) is 6.69. The van der Waals surface area contributed by atoms with Gasteiger partial charge in [-0.15, -0.1) is 10.2 Å². The summed E-state index contributed by atoms with van der Waals surface area (Å²) in [5.41, 5.74) is 2.04. The van der Waals surface area contributed by atoms with Gasteiger partial charge in [-0.25, -0.2) is 0 Å². The van der Waals surface area contributed by atoms with Gasteiger partial charge in [0.15, 0.2) is 10.9 Å². The number of hydrogen-bond donors (Lipinski definition) is 1. The summed E-state index contributed by atoms with van der Waals surface area (Å²) in [5.74, 6) is 2.11. The molecule has 2 aromatic carbocycles. The van der Waals surface area contributed by atoms with Gasteiger partial charge >= 0.3 is 0 Å². The van der Waals surface area contributed by atoms with Gasteiger partial charge < -0.3 is 14.5 Å². The van der Waals surface area contributed by atoms with Crippen molar-refractivity contribution < 1.29 is 13.9 Å². The summed E-state index contributed by atoms with van der Waals surface area (Å²) in [5, 5.41) is 12.2. The lowest BCUT2D eigenvalue weighted by atomic mass is 10.1. The maximum Gasteiger partial charge on any atom is 0.230 e. The van der Waals surface area contributed by atoms with Crippen molar-refractivity contribution in [2.75, 3.05) is 19.4 Å². The van der Waals surface area contributed by atoms with Gasteiger partial charge in [0, 0.05) is 6.54 Å². The van der Waals surface area contributed by atoms with Gasteiger partial charge in [0.2, 0.25) is 11.7 Å². The summed E-state index contributed by atoms with van der Waals surface area (Å²) in [6, 6.07) is 21.3. The van der Waals surface area contributed by atoms with Crippen LogP contribution in [0.25, 0.3) is 17.3 Å². The molecule has 4 rings (SSSR count). The van der Waals surface area contributed by atoms with Gasteiger partial charge in [0.1, 0.15) is 5.75 Å². The molecule has 4 aromatic rings. The van der Waals surface area contributed by atoms with Crippen molar-refractivity contribution in [2.45, 2.75) is 11.6 Å². The van der Waals surface area contributed by atoms with Gasteiger partial charge in [-0.2, -0.15) is 0 Å². The van der Waals surface area contributed by atoms with E-state index in [0.717, 1.165) is 17.9 Å². The van der Waals surface area contributed by atoms with Crippen molar-refractivity contribution in [3.63, 3.8) is 0 Å². The van der Waals surface area contributed by atoms with Crippen LogP contribution < -0.4 is 10.1 Å². The Labute approximate surface area is 184 Å². The number of benzene rings is 2. The van der Waals surface area contributed by atoms with Crippen LogP contribution in [0.15, 0.2) is 82.6 Å². The quantitative estimate of drug-likeness (QED) is 0.401. The highest BCUT2D eigenvalue weighted by Gasteiger charge is 2.19. The minimum atomic E-state index is -0.0511. The predicted octanol–water partition coefficient (Wildman–Crippen LogP) is 3.99. The molecule has 0 aliphatic rings. The van der Waals surface area contributed by atoms with E-state index in [1.54, 1.807) is 19.4 Å². The predicted molar refractivity (Wildman–Crippen MR) is 119 cm³/mol. The average Bonchev–Trinajstić information content (AvgIpc) is 3.48. The summed E-state index contributed by atoms with van der Waals surface area (Å²) >= 11 is 1.33. The number of carbonyl (C=O) groups excluding carboxylic acids is 1. The number of aromatic nitrogens is 3. The number of rotatable bonds is 9. The average molecular weight is 435 g/mol. The number of nitrogens with one attached hydrogen (secondary N) is 1. The fraction of sp³-hybridized carbons (Fsp3) is 0.174. The number of methoxy groups -OCH3 is 1. The fourth-order valence-electron chi connectivity index (χ4n) is 3.06. The van der Waals surface area contributed by atoms with Gasteiger partial charge in [-0.05, 0) is 48.4 Å². The molecule has 1 amide bonds. The summed E-state index contributed by atoms with van der Waals surface area (Å²) in [6.45, 7) is 0.590. The lowest BCUT2D eigenvalue weighted by Crippen LogP contribution is -2.27. The first-order chi connectivity index (χ1) is 15.2. The Balaban J connectivity index is 1.45. The zero-order chi connectivity index (χ0) is 21.5. The zero-order valence-corrected chi connectivity index (χ0v) is 17.8. The van der Waals surface area contributed by atoms with E-state index in [-0.39, 0.29) is 11.7 Å². The van der Waals surface area contributed by atoms with Crippen LogP contribution in [-0.2, 0) is 11.2 Å². The maximum absolute atomic E-state index is 12.3. The molecule has 0 aliphatic heterocycles. The molecule has 0 spiro atoms. The van der Waals surface area contributed by atoms with E-state index in [1.165, 1.54) is 17.3 Å². The van der Waals surface area contributed by atoms with Gasteiger partial charge in [-0.3, -0.25) is 9.36 Å². The van der Waals surface area contributed by atoms with E-state index < -0.39 is 0 Å². The summed E-state index contributed by atoms with van der Waals surface area (Å²) in [6.07, 6.45) is 2.39. The second kappa shape index (κ2) is 9.99. The number of hydrogen-bond acceptors (Lipinski definition) is 6. The maximum atomic E-state index is 12.3. The monoisotopic (exact) mass is 434 g/mol. The van der Waals surface area contributed by atoms with Crippen LogP contribution >= 0.6 is 11.8 Å². The van der Waals surface area contributed by atoms with Crippen LogP contribution in [0.5, 0.6) is 5.75 Å². The third-order valence-corrected chi connectivity index (χ3v) is 5.55. The van der Waals surface area contributed by atoms with Crippen LogP contribution in [-0.4, -0.2) is 40.1 Å². The number of furan rings is 1. The van der Waals surface area contributed by atoms with Gasteiger partial charge in [0.25, 0.3) is 0 Å². The SMILES string of the molecule is COc1ccc(-n2c(SCC(=O)NCCc3ccccc3)nnc2-c2ccco2)cc1. The molecule has 0 unspecified atom stereocenters. The Kier molecular flexibility index (Phi) is 6.68. The topological polar surface area (TPSA) is 82.2 Å². The van der Waals surface area contributed by atoms with Crippen molar-refractivity contribution in [3.8, 4) is 23.0 Å². The lowest BCUT2D eigenvalue weighted by molar-refractivity contribution is -0.118. The standard InChI is InChI=1S/C23H22N4O3S/c1-29-19-11-9-18(10-12-19)27-22(20-8-5-15-30-20)25-26-23(27)31-16-21(28)24-14-13-17-6-3-2-4-7-17/h2-12,15H,13-14,16H2,1H3,(H,24,28). The Morgan fingerprint density at radius 2 is 1.87 bits per heavy atom. The van der Waals surface area contributed by atoms with Crippen LogP contribution in [0.2, 0.25) is 0 Å². The summed E-state index contributed by atoms with van der Waals surface area (Å²) < 4.78 is 12.6. The first-order valence-corrected chi connectivity index (χ1v) is 10.8. The van der Waals surface area contributed by atoms with Gasteiger partial charge in [-0.1, -0.05) is 42.1 Å². The molecule has 0 radical (unpaired) electrons. The van der Waals surface area contributed by atoms with Crippen molar-refractivity contribution in [3.05, 3.63) is 78.6 Å². The molecule has 0 bridgehead atoms. The highest BCUT2D eigenvalue weighted by Crippen LogP contribution is 2.29. The Morgan fingerprint density at radius 1 is 1.06 bits per heavy atom. The third kappa shape index (κ3) is 5.16. The van der Waals surface area contributed by atoms with Crippen LogP contribution in [0.4, 0.5) is 0 Å². The molecule has 31 heavy (non-hydrogen) atoms. The van der Waals surface area contributed by atoms with Gasteiger partial charge in [0.05, 0.1) is 24.8 Å². The molecular weight excluding hydrogens is 412 g/mol. The Bertz CT molecular complexity index is 1110. The molecular formula is C23H22N4O3S. The number of thioether (sulfide) groups is 1. The van der Waals surface area contributed by atoms with Crippen LogP contribution in [0.1, 0.15) is 5.56 Å². The van der Waals surface area contributed by atoms with E-state index in [4.69, 9.17) is 9.15 Å². The molecule has 2 heterocycles. The highest BCUT2D eigenvalue weighted by molar-refractivity contribution is 7.99. The minimum absolute atomic E-state index is 0.0511. The summed E-state index contributed by atoms with van der Waals surface area (Å²) in [4.78, 5) is 12.3. The van der Waals surface area contributed by atoms with E-state index in [9.17, 15) is 4.79 Å². The lowest BCUT2D eigenvalue weighted by Gasteiger charge is -2.10. The Morgan fingerprint density at radius 3 is 2.58 bits per heavy atom. The van der Waals surface area contributed by atoms with Crippen LogP contribution in [0, 0.1) is 0 Å². The Hall–Kier alpha value is -3.52. The second-order valence-corrected chi connectivity index (χ2v) is 7.63. The molecule has 1 N–H and O–H groups in total. The van der Waals surface area contributed by atoms with E-state index in [0.29, 0.717) is 23.3 Å². The number of carbonyl (C=O) groups is 1. The molecule has 0 aliphatic carbocycles. The van der Waals surface area contributed by atoms with Crippen molar-refractivity contribution in [1.82, 2.24) is 20.1 Å². The smallest absolute Gasteiger partial charge is 0.230 e. The number of ether oxygens (including phenoxy) is 1. The van der Waals surface area contributed by atoms with Crippen LogP contribution in [0.3, 0.4) is 0 Å². The molecule has 0 atom stereocenters. The van der Waals surface area contributed by atoms with Crippen molar-refractivity contribution in [1.29, 1.82) is 0 Å². The largest absolute Gasteiger partial charge is 0.497 e. The molecule has 0 fully saturated rings. The molecule has 158 valence electrons. The molecule has 2 aromatic heterocycles. The van der Waals surface area contributed by atoms with Crippen molar-refractivity contribution in [2.24, 2.45) is 0 Å². The number of nitrogens with zero attached hydrogens (tertiary/aromatic N) is 3. The zero-order valence-electron chi connectivity index (χ0n) is 17.0. The minimum Gasteiger partial charge on any atom is -0.497 e.